The van der Waals surface area contributed by atoms with Gasteiger partial charge in [0.1, 0.15) is 5.69 Å². The van der Waals surface area contributed by atoms with Gasteiger partial charge in [-0.05, 0) is 36.8 Å². The lowest BCUT2D eigenvalue weighted by atomic mass is 10.1. The van der Waals surface area contributed by atoms with Crippen molar-refractivity contribution in [2.45, 2.75) is 13.1 Å². The van der Waals surface area contributed by atoms with Gasteiger partial charge in [0.05, 0.1) is 28.8 Å². The van der Waals surface area contributed by atoms with Gasteiger partial charge in [0.15, 0.2) is 0 Å². The van der Waals surface area contributed by atoms with Crippen LogP contribution in [0.3, 0.4) is 0 Å². The number of alkyl halides is 3. The first-order valence-electron chi connectivity index (χ1n) is 6.95. The standard InChI is InChI=1S/C16H13F3N2O4/c1-9-3-5-13(14(7-9)21(23)24)20-12-6-4-10(16(17,18)19)8-11(12)15(22)25-2/h3-8,20H,1-2H3. The molecule has 0 bridgehead atoms. The summed E-state index contributed by atoms with van der Waals surface area (Å²) in [4.78, 5) is 22.3. The van der Waals surface area contributed by atoms with E-state index in [0.29, 0.717) is 11.6 Å². The molecule has 2 aromatic rings. The quantitative estimate of drug-likeness (QED) is 0.498. The largest absolute Gasteiger partial charge is 0.465 e. The fourth-order valence-corrected chi connectivity index (χ4v) is 2.15. The first-order valence-corrected chi connectivity index (χ1v) is 6.95. The van der Waals surface area contributed by atoms with Gasteiger partial charge in [0.2, 0.25) is 0 Å². The van der Waals surface area contributed by atoms with Crippen LogP contribution in [-0.2, 0) is 10.9 Å². The van der Waals surface area contributed by atoms with Crippen LogP contribution in [0, 0.1) is 17.0 Å². The molecule has 9 heteroatoms. The molecule has 0 spiro atoms. The second-order valence-electron chi connectivity index (χ2n) is 5.15. The number of rotatable bonds is 4. The van der Waals surface area contributed by atoms with Crippen LogP contribution in [0.2, 0.25) is 0 Å². The molecule has 1 N–H and O–H groups in total. The molecule has 132 valence electrons. The third-order valence-corrected chi connectivity index (χ3v) is 3.37. The van der Waals surface area contributed by atoms with Gasteiger partial charge in [0.25, 0.3) is 5.69 Å². The fraction of sp³-hybridized carbons (Fsp3) is 0.188. The summed E-state index contributed by atoms with van der Waals surface area (Å²) in [5, 5.41) is 13.8. The average Bonchev–Trinajstić information content (AvgIpc) is 2.54. The van der Waals surface area contributed by atoms with Crippen LogP contribution in [0.5, 0.6) is 0 Å². The molecule has 0 saturated carbocycles. The fourth-order valence-electron chi connectivity index (χ4n) is 2.15. The highest BCUT2D eigenvalue weighted by atomic mass is 19.4. The van der Waals surface area contributed by atoms with Crippen molar-refractivity contribution in [3.63, 3.8) is 0 Å². The van der Waals surface area contributed by atoms with Crippen molar-refractivity contribution in [2.75, 3.05) is 12.4 Å². The normalized spacial score (nSPS) is 11.1. The van der Waals surface area contributed by atoms with Gasteiger partial charge in [0, 0.05) is 6.07 Å². The van der Waals surface area contributed by atoms with Crippen molar-refractivity contribution in [3.05, 3.63) is 63.2 Å². The van der Waals surface area contributed by atoms with Gasteiger partial charge in [-0.1, -0.05) is 6.07 Å². The highest BCUT2D eigenvalue weighted by Crippen LogP contribution is 2.34. The molecule has 0 aliphatic rings. The molecule has 0 aromatic heterocycles. The summed E-state index contributed by atoms with van der Waals surface area (Å²) in [5.41, 5.74) is -1.04. The lowest BCUT2D eigenvalue weighted by molar-refractivity contribution is -0.384. The molecule has 0 fully saturated rings. The van der Waals surface area contributed by atoms with Gasteiger partial charge in [-0.3, -0.25) is 10.1 Å². The van der Waals surface area contributed by atoms with Crippen LogP contribution >= 0.6 is 0 Å². The maximum atomic E-state index is 12.8. The van der Waals surface area contributed by atoms with Crippen molar-refractivity contribution in [1.29, 1.82) is 0 Å². The van der Waals surface area contributed by atoms with Gasteiger partial charge < -0.3 is 10.1 Å². The number of halogens is 3. The summed E-state index contributed by atoms with van der Waals surface area (Å²) in [7, 11) is 1.03. The summed E-state index contributed by atoms with van der Waals surface area (Å²) in [6.07, 6.45) is -4.64. The number of hydrogen-bond acceptors (Lipinski definition) is 5. The zero-order valence-electron chi connectivity index (χ0n) is 13.2. The highest BCUT2D eigenvalue weighted by molar-refractivity contribution is 5.97. The molecule has 0 saturated heterocycles. The van der Waals surface area contributed by atoms with E-state index in [1.807, 2.05) is 0 Å². The van der Waals surface area contributed by atoms with Crippen LogP contribution in [0.1, 0.15) is 21.5 Å². The van der Waals surface area contributed by atoms with Gasteiger partial charge in [-0.25, -0.2) is 4.79 Å². The molecular weight excluding hydrogens is 341 g/mol. The molecule has 0 unspecified atom stereocenters. The Morgan fingerprint density at radius 1 is 1.16 bits per heavy atom. The Morgan fingerprint density at radius 2 is 1.80 bits per heavy atom. The van der Waals surface area contributed by atoms with E-state index in [2.05, 4.69) is 10.1 Å². The van der Waals surface area contributed by atoms with E-state index in [1.165, 1.54) is 12.1 Å². The summed E-state index contributed by atoms with van der Waals surface area (Å²) in [6, 6.07) is 6.75. The number of benzene rings is 2. The number of nitro groups is 1. The van der Waals surface area contributed by atoms with E-state index in [4.69, 9.17) is 0 Å². The Bertz CT molecular complexity index is 835. The topological polar surface area (TPSA) is 81.5 Å². The second kappa shape index (κ2) is 6.80. The number of nitro benzene ring substituents is 1. The third kappa shape index (κ3) is 4.06. The number of ether oxygens (including phenoxy) is 1. The highest BCUT2D eigenvalue weighted by Gasteiger charge is 2.32. The number of hydrogen-bond donors (Lipinski definition) is 1. The third-order valence-electron chi connectivity index (χ3n) is 3.37. The predicted molar refractivity (Wildman–Crippen MR) is 83.9 cm³/mol. The molecule has 2 aromatic carbocycles. The van der Waals surface area contributed by atoms with Crippen molar-refractivity contribution in [2.24, 2.45) is 0 Å². The molecular formula is C16H13F3N2O4. The minimum absolute atomic E-state index is 0.0354. The Hall–Kier alpha value is -3.10. The Balaban J connectivity index is 2.53. The zero-order chi connectivity index (χ0) is 18.8. The van der Waals surface area contributed by atoms with Crippen molar-refractivity contribution in [1.82, 2.24) is 0 Å². The van der Waals surface area contributed by atoms with Crippen LogP contribution in [0.4, 0.5) is 30.2 Å². The molecule has 2 rings (SSSR count). The maximum absolute atomic E-state index is 12.8. The lowest BCUT2D eigenvalue weighted by Gasteiger charge is -2.14. The summed E-state index contributed by atoms with van der Waals surface area (Å²) >= 11 is 0. The summed E-state index contributed by atoms with van der Waals surface area (Å²) < 4.78 is 43.0. The van der Waals surface area contributed by atoms with Crippen molar-refractivity contribution < 1.29 is 27.6 Å². The number of esters is 1. The number of nitrogens with zero attached hydrogens (tertiary/aromatic N) is 1. The van der Waals surface area contributed by atoms with E-state index in [9.17, 15) is 28.1 Å². The maximum Gasteiger partial charge on any atom is 0.416 e. The summed E-state index contributed by atoms with van der Waals surface area (Å²) in [5.74, 6) is -0.997. The van der Waals surface area contributed by atoms with E-state index < -0.39 is 22.6 Å². The monoisotopic (exact) mass is 354 g/mol. The number of carbonyl (C=O) groups is 1. The molecule has 0 amide bonds. The number of methoxy groups -OCH3 is 1. The van der Waals surface area contributed by atoms with Crippen LogP contribution in [0.15, 0.2) is 36.4 Å². The number of anilines is 2. The van der Waals surface area contributed by atoms with E-state index in [-0.39, 0.29) is 22.6 Å². The molecule has 0 heterocycles. The second-order valence-corrected chi connectivity index (χ2v) is 5.15. The van der Waals surface area contributed by atoms with Gasteiger partial charge in [-0.15, -0.1) is 0 Å². The molecule has 25 heavy (non-hydrogen) atoms. The predicted octanol–water partition coefficient (Wildman–Crippen LogP) is 4.45. The van der Waals surface area contributed by atoms with Crippen molar-refractivity contribution in [3.8, 4) is 0 Å². The minimum atomic E-state index is -4.64. The van der Waals surface area contributed by atoms with Gasteiger partial charge >= 0.3 is 12.1 Å². The number of nitrogens with one attached hydrogen (secondary N) is 1. The van der Waals surface area contributed by atoms with Crippen molar-refractivity contribution >= 4 is 23.0 Å². The van der Waals surface area contributed by atoms with Crippen LogP contribution in [-0.4, -0.2) is 18.0 Å². The average molecular weight is 354 g/mol. The molecule has 0 aliphatic carbocycles. The van der Waals surface area contributed by atoms with Crippen LogP contribution < -0.4 is 5.32 Å². The lowest BCUT2D eigenvalue weighted by Crippen LogP contribution is -2.11. The molecule has 6 nitrogen and oxygen atoms in total. The Morgan fingerprint density at radius 3 is 2.36 bits per heavy atom. The molecule has 0 atom stereocenters. The van der Waals surface area contributed by atoms with Gasteiger partial charge in [-0.2, -0.15) is 13.2 Å². The first-order chi connectivity index (χ1) is 11.6. The summed E-state index contributed by atoms with van der Waals surface area (Å²) in [6.45, 7) is 1.66. The smallest absolute Gasteiger partial charge is 0.416 e. The SMILES string of the molecule is COC(=O)c1cc(C(F)(F)F)ccc1Nc1ccc(C)cc1[N+](=O)[O-]. The van der Waals surface area contributed by atoms with E-state index in [1.54, 1.807) is 13.0 Å². The number of aryl methyl sites for hydroxylation is 1. The minimum Gasteiger partial charge on any atom is -0.465 e. The Kier molecular flexibility index (Phi) is 4.96. The first kappa shape index (κ1) is 18.2. The molecule has 0 aliphatic heterocycles. The molecule has 0 radical (unpaired) electrons. The van der Waals surface area contributed by atoms with E-state index >= 15 is 0 Å². The Labute approximate surface area is 140 Å². The number of carbonyl (C=O) groups excluding carboxylic acids is 1. The van der Waals surface area contributed by atoms with Crippen LogP contribution in [0.25, 0.3) is 0 Å². The zero-order valence-corrected chi connectivity index (χ0v) is 13.2. The van der Waals surface area contributed by atoms with E-state index in [0.717, 1.165) is 19.2 Å².